The Kier molecular flexibility index (Phi) is 5.40. The van der Waals surface area contributed by atoms with Crippen molar-refractivity contribution in [3.05, 3.63) is 35.9 Å². The van der Waals surface area contributed by atoms with Crippen LogP contribution in [0.5, 0.6) is 0 Å². The van der Waals surface area contributed by atoms with Gasteiger partial charge in [-0.1, -0.05) is 37.3 Å². The summed E-state index contributed by atoms with van der Waals surface area (Å²) in [4.78, 5) is 7.15. The van der Waals surface area contributed by atoms with Gasteiger partial charge in [-0.15, -0.1) is 0 Å². The lowest BCUT2D eigenvalue weighted by atomic mass is 10.0. The number of likely N-dealkylation sites (tertiary alicyclic amines) is 1. The van der Waals surface area contributed by atoms with Crippen molar-refractivity contribution in [2.24, 2.45) is 10.7 Å². The summed E-state index contributed by atoms with van der Waals surface area (Å²) in [7, 11) is 0. The number of nitrogens with two attached hydrogens (primary N) is 1. The largest absolute Gasteiger partial charge is 0.387 e. The smallest absolute Gasteiger partial charge is 0.0940 e. The average Bonchev–Trinajstić information content (AvgIpc) is 2.42. The number of amidine groups is 1. The first-order chi connectivity index (χ1) is 9.28. The van der Waals surface area contributed by atoms with Crippen molar-refractivity contribution in [2.75, 3.05) is 13.1 Å². The van der Waals surface area contributed by atoms with Crippen molar-refractivity contribution >= 4 is 5.84 Å². The van der Waals surface area contributed by atoms with Gasteiger partial charge in [-0.2, -0.15) is 0 Å². The summed E-state index contributed by atoms with van der Waals surface area (Å²) in [6.07, 6.45) is 4.29. The zero-order valence-electron chi connectivity index (χ0n) is 11.9. The Morgan fingerprint density at radius 3 is 2.58 bits per heavy atom. The first kappa shape index (κ1) is 14.1. The van der Waals surface area contributed by atoms with Crippen LogP contribution in [0.4, 0.5) is 0 Å². The van der Waals surface area contributed by atoms with Gasteiger partial charge >= 0.3 is 0 Å². The molecule has 104 valence electrons. The molecule has 1 fully saturated rings. The number of benzene rings is 1. The van der Waals surface area contributed by atoms with Crippen molar-refractivity contribution in [1.82, 2.24) is 4.90 Å². The van der Waals surface area contributed by atoms with Crippen molar-refractivity contribution < 1.29 is 0 Å². The molecule has 1 saturated heterocycles. The third kappa shape index (κ3) is 4.67. The van der Waals surface area contributed by atoms with E-state index in [1.54, 1.807) is 0 Å². The molecule has 0 radical (unpaired) electrons. The van der Waals surface area contributed by atoms with E-state index in [2.05, 4.69) is 47.1 Å². The van der Waals surface area contributed by atoms with E-state index in [0.717, 1.165) is 51.2 Å². The van der Waals surface area contributed by atoms with Crippen LogP contribution in [-0.2, 0) is 6.54 Å². The molecule has 1 aliphatic rings. The van der Waals surface area contributed by atoms with Crippen LogP contribution in [0.1, 0.15) is 38.2 Å². The van der Waals surface area contributed by atoms with Crippen LogP contribution >= 0.6 is 0 Å². The van der Waals surface area contributed by atoms with Crippen molar-refractivity contribution in [2.45, 2.75) is 45.2 Å². The Hall–Kier alpha value is -1.35. The molecule has 1 aromatic rings. The van der Waals surface area contributed by atoms with Crippen LogP contribution in [0.3, 0.4) is 0 Å². The van der Waals surface area contributed by atoms with Gasteiger partial charge in [0.05, 0.1) is 11.9 Å². The summed E-state index contributed by atoms with van der Waals surface area (Å²) in [5.74, 6) is 0.837. The van der Waals surface area contributed by atoms with Gasteiger partial charge in [0.2, 0.25) is 0 Å². The molecular formula is C16H25N3. The van der Waals surface area contributed by atoms with Gasteiger partial charge in [0.15, 0.2) is 0 Å². The minimum Gasteiger partial charge on any atom is -0.387 e. The molecular weight excluding hydrogens is 234 g/mol. The molecule has 0 bridgehead atoms. The highest BCUT2D eigenvalue weighted by atomic mass is 15.1. The molecule has 1 aliphatic heterocycles. The molecule has 0 atom stereocenters. The average molecular weight is 259 g/mol. The third-order valence-electron chi connectivity index (χ3n) is 3.66. The Morgan fingerprint density at radius 1 is 1.26 bits per heavy atom. The molecule has 19 heavy (non-hydrogen) atoms. The number of hydrogen-bond acceptors (Lipinski definition) is 2. The summed E-state index contributed by atoms with van der Waals surface area (Å²) < 4.78 is 0. The van der Waals surface area contributed by atoms with Crippen molar-refractivity contribution in [3.63, 3.8) is 0 Å². The lowest BCUT2D eigenvalue weighted by molar-refractivity contribution is 0.206. The molecule has 0 aromatic heterocycles. The predicted octanol–water partition coefficient (Wildman–Crippen LogP) is 2.81. The standard InChI is InChI=1S/C16H25N3/c1-2-6-16(17)18-15-9-11-19(12-10-15)13-14-7-4-3-5-8-14/h3-5,7-8,15H,2,6,9-13H2,1H3,(H2,17,18). The second kappa shape index (κ2) is 7.29. The zero-order chi connectivity index (χ0) is 13.5. The molecule has 2 N–H and O–H groups in total. The monoisotopic (exact) mass is 259 g/mol. The van der Waals surface area contributed by atoms with E-state index in [1.165, 1.54) is 5.56 Å². The Bertz CT molecular complexity index is 392. The lowest BCUT2D eigenvalue weighted by Crippen LogP contribution is -2.35. The summed E-state index contributed by atoms with van der Waals surface area (Å²) in [5.41, 5.74) is 7.31. The highest BCUT2D eigenvalue weighted by molar-refractivity contribution is 5.80. The van der Waals surface area contributed by atoms with Gasteiger partial charge < -0.3 is 5.73 Å². The number of piperidine rings is 1. The van der Waals surface area contributed by atoms with Gasteiger partial charge in [0, 0.05) is 26.1 Å². The van der Waals surface area contributed by atoms with Crippen molar-refractivity contribution in [3.8, 4) is 0 Å². The van der Waals surface area contributed by atoms with E-state index in [0.29, 0.717) is 6.04 Å². The minimum absolute atomic E-state index is 0.443. The highest BCUT2D eigenvalue weighted by Gasteiger charge is 2.18. The maximum atomic E-state index is 5.91. The van der Waals surface area contributed by atoms with E-state index in [-0.39, 0.29) is 0 Å². The zero-order valence-corrected chi connectivity index (χ0v) is 11.9. The molecule has 1 aromatic carbocycles. The fourth-order valence-corrected chi connectivity index (χ4v) is 2.60. The van der Waals surface area contributed by atoms with Crippen LogP contribution in [-0.4, -0.2) is 29.9 Å². The summed E-state index contributed by atoms with van der Waals surface area (Å²) >= 11 is 0. The SMILES string of the molecule is CCCC(N)=NC1CCN(Cc2ccccc2)CC1. The Labute approximate surface area is 116 Å². The highest BCUT2D eigenvalue weighted by Crippen LogP contribution is 2.16. The van der Waals surface area contributed by atoms with Gasteiger partial charge in [0.25, 0.3) is 0 Å². The fourth-order valence-electron chi connectivity index (χ4n) is 2.60. The number of rotatable bonds is 5. The summed E-state index contributed by atoms with van der Waals surface area (Å²) in [6, 6.07) is 11.1. The van der Waals surface area contributed by atoms with E-state index < -0.39 is 0 Å². The lowest BCUT2D eigenvalue weighted by Gasteiger charge is -2.30. The molecule has 3 nitrogen and oxygen atoms in total. The van der Waals surface area contributed by atoms with Gasteiger partial charge in [0.1, 0.15) is 0 Å². The van der Waals surface area contributed by atoms with Gasteiger partial charge in [-0.3, -0.25) is 9.89 Å². The fraction of sp³-hybridized carbons (Fsp3) is 0.562. The summed E-state index contributed by atoms with van der Waals surface area (Å²) in [5, 5.41) is 0. The summed E-state index contributed by atoms with van der Waals surface area (Å²) in [6.45, 7) is 5.46. The second-order valence-electron chi connectivity index (χ2n) is 5.36. The number of nitrogens with zero attached hydrogens (tertiary/aromatic N) is 2. The van der Waals surface area contributed by atoms with Crippen molar-refractivity contribution in [1.29, 1.82) is 0 Å². The first-order valence-corrected chi connectivity index (χ1v) is 7.36. The maximum Gasteiger partial charge on any atom is 0.0940 e. The molecule has 0 saturated carbocycles. The molecule has 3 heteroatoms. The minimum atomic E-state index is 0.443. The molecule has 2 rings (SSSR count). The van der Waals surface area contributed by atoms with E-state index in [9.17, 15) is 0 Å². The van der Waals surface area contributed by atoms with Gasteiger partial charge in [-0.05, 0) is 24.8 Å². The van der Waals surface area contributed by atoms with Gasteiger partial charge in [-0.25, -0.2) is 0 Å². The molecule has 0 unspecified atom stereocenters. The number of aliphatic imine (C=N–C) groups is 1. The van der Waals surface area contributed by atoms with E-state index in [1.807, 2.05) is 0 Å². The first-order valence-electron chi connectivity index (χ1n) is 7.36. The molecule has 0 aliphatic carbocycles. The topological polar surface area (TPSA) is 41.6 Å². The molecule has 1 heterocycles. The van der Waals surface area contributed by atoms with E-state index in [4.69, 9.17) is 5.73 Å². The Balaban J connectivity index is 1.78. The van der Waals surface area contributed by atoms with Crippen LogP contribution in [0.2, 0.25) is 0 Å². The second-order valence-corrected chi connectivity index (χ2v) is 5.36. The quantitative estimate of drug-likeness (QED) is 0.652. The maximum absolute atomic E-state index is 5.91. The molecule has 0 spiro atoms. The molecule has 0 amide bonds. The van der Waals surface area contributed by atoms with Crippen LogP contribution in [0.15, 0.2) is 35.3 Å². The van der Waals surface area contributed by atoms with E-state index >= 15 is 0 Å². The normalized spacial score (nSPS) is 18.7. The van der Waals surface area contributed by atoms with Crippen LogP contribution in [0, 0.1) is 0 Å². The predicted molar refractivity (Wildman–Crippen MR) is 81.3 cm³/mol. The number of hydrogen-bond donors (Lipinski definition) is 1. The van der Waals surface area contributed by atoms with Crippen LogP contribution in [0.25, 0.3) is 0 Å². The Morgan fingerprint density at radius 2 is 1.95 bits per heavy atom. The third-order valence-corrected chi connectivity index (χ3v) is 3.66. The van der Waals surface area contributed by atoms with Crippen LogP contribution < -0.4 is 5.73 Å².